The van der Waals surface area contributed by atoms with Gasteiger partial charge < -0.3 is 15.6 Å². The molecule has 6 nitrogen and oxygen atoms in total. The first-order valence-electron chi connectivity index (χ1n) is 9.20. The summed E-state index contributed by atoms with van der Waals surface area (Å²) in [5.74, 6) is -0.993. The van der Waals surface area contributed by atoms with Gasteiger partial charge in [0.15, 0.2) is 0 Å². The number of rotatable bonds is 4. The molecule has 27 heavy (non-hydrogen) atoms. The van der Waals surface area contributed by atoms with Gasteiger partial charge in [0.25, 0.3) is 0 Å². The fourth-order valence-corrected chi connectivity index (χ4v) is 4.01. The van der Waals surface area contributed by atoms with Crippen molar-refractivity contribution in [1.29, 1.82) is 0 Å². The zero-order chi connectivity index (χ0) is 19.1. The van der Waals surface area contributed by atoms with Crippen LogP contribution in [0.2, 0.25) is 0 Å². The van der Waals surface area contributed by atoms with E-state index >= 15 is 0 Å². The monoisotopic (exact) mass is 378 g/mol. The quantitative estimate of drug-likeness (QED) is 0.847. The lowest BCUT2D eigenvalue weighted by molar-refractivity contribution is -0.0533. The van der Waals surface area contributed by atoms with Crippen molar-refractivity contribution < 1.29 is 18.6 Å². The number of hydrogen-bond donors (Lipinski definition) is 2. The number of fused-ring (bicyclic) bond motifs is 1. The van der Waals surface area contributed by atoms with Crippen molar-refractivity contribution in [2.45, 2.75) is 57.3 Å². The standard InChI is InChI=1S/C19H24F2N4O2/c1-11(26)6-25-8-12-7-24(9-18(12)23-25)14-5-17(22)19(27-10-14)15-4-13(20)2-3-16(15)21/h2-4,8,11,14,17,19,26H,5-7,9-10,22H2,1H3/t11-,14-,17+,19-/m1/s1. The van der Waals surface area contributed by atoms with Gasteiger partial charge in [0.05, 0.1) is 24.9 Å². The highest BCUT2D eigenvalue weighted by Gasteiger charge is 2.37. The first kappa shape index (κ1) is 18.5. The maximum Gasteiger partial charge on any atom is 0.129 e. The molecule has 3 N–H and O–H groups in total. The van der Waals surface area contributed by atoms with Gasteiger partial charge in [-0.3, -0.25) is 9.58 Å². The summed E-state index contributed by atoms with van der Waals surface area (Å²) in [5.41, 5.74) is 8.58. The molecule has 0 radical (unpaired) electrons. The fraction of sp³-hybridized carbons (Fsp3) is 0.526. The molecule has 146 valence electrons. The number of benzene rings is 1. The van der Waals surface area contributed by atoms with E-state index in [1.807, 2.05) is 6.20 Å². The van der Waals surface area contributed by atoms with E-state index in [1.165, 1.54) is 0 Å². The van der Waals surface area contributed by atoms with Gasteiger partial charge in [0.1, 0.15) is 17.7 Å². The van der Waals surface area contributed by atoms with Crippen molar-refractivity contribution in [2.24, 2.45) is 5.73 Å². The minimum absolute atomic E-state index is 0.104. The summed E-state index contributed by atoms with van der Waals surface area (Å²) >= 11 is 0. The molecule has 2 aliphatic heterocycles. The molecule has 0 amide bonds. The number of aliphatic hydroxyl groups excluding tert-OH is 1. The smallest absolute Gasteiger partial charge is 0.129 e. The third-order valence-electron chi connectivity index (χ3n) is 5.28. The number of aromatic nitrogens is 2. The molecule has 0 bridgehead atoms. The molecule has 2 aromatic rings. The van der Waals surface area contributed by atoms with Crippen LogP contribution in [0, 0.1) is 11.6 Å². The van der Waals surface area contributed by atoms with Gasteiger partial charge in [-0.25, -0.2) is 8.78 Å². The zero-order valence-corrected chi connectivity index (χ0v) is 15.2. The zero-order valence-electron chi connectivity index (χ0n) is 15.2. The Morgan fingerprint density at radius 1 is 1.37 bits per heavy atom. The minimum atomic E-state index is -0.642. The topological polar surface area (TPSA) is 76.5 Å². The van der Waals surface area contributed by atoms with Gasteiger partial charge in [0, 0.05) is 42.5 Å². The van der Waals surface area contributed by atoms with Gasteiger partial charge in [0.2, 0.25) is 0 Å². The highest BCUT2D eigenvalue weighted by molar-refractivity contribution is 5.24. The van der Waals surface area contributed by atoms with E-state index in [0.717, 1.165) is 36.0 Å². The van der Waals surface area contributed by atoms with Crippen molar-refractivity contribution in [3.8, 4) is 0 Å². The molecule has 1 aromatic heterocycles. The van der Waals surface area contributed by atoms with Gasteiger partial charge in [-0.1, -0.05) is 0 Å². The number of halogens is 2. The summed E-state index contributed by atoms with van der Waals surface area (Å²) in [6.07, 6.45) is 1.53. The maximum absolute atomic E-state index is 14.1. The Balaban J connectivity index is 1.40. The normalized spacial score (nSPS) is 26.9. The Labute approximate surface area is 156 Å². The van der Waals surface area contributed by atoms with E-state index in [0.29, 0.717) is 26.1 Å². The summed E-state index contributed by atoms with van der Waals surface area (Å²) in [4.78, 5) is 2.25. The van der Waals surface area contributed by atoms with Gasteiger partial charge in [-0.05, 0) is 31.5 Å². The Morgan fingerprint density at radius 3 is 2.89 bits per heavy atom. The van der Waals surface area contributed by atoms with Crippen LogP contribution in [0.5, 0.6) is 0 Å². The summed E-state index contributed by atoms with van der Waals surface area (Å²) in [6, 6.07) is 3.05. The average molecular weight is 378 g/mol. The third-order valence-corrected chi connectivity index (χ3v) is 5.28. The first-order valence-corrected chi connectivity index (χ1v) is 9.20. The lowest BCUT2D eigenvalue weighted by Gasteiger charge is -2.38. The fourth-order valence-electron chi connectivity index (χ4n) is 4.01. The van der Waals surface area contributed by atoms with E-state index in [9.17, 15) is 13.9 Å². The van der Waals surface area contributed by atoms with Crippen LogP contribution in [0.15, 0.2) is 24.4 Å². The first-order chi connectivity index (χ1) is 12.9. The summed E-state index contributed by atoms with van der Waals surface area (Å²) < 4.78 is 35.2. The molecule has 4 rings (SSSR count). The van der Waals surface area contributed by atoms with Crippen LogP contribution in [0.3, 0.4) is 0 Å². The second kappa shape index (κ2) is 7.27. The largest absolute Gasteiger partial charge is 0.391 e. The Morgan fingerprint density at radius 2 is 2.19 bits per heavy atom. The molecule has 0 unspecified atom stereocenters. The SMILES string of the molecule is C[C@@H](O)Cn1cc2c(n1)CN([C@H]1CO[C@H](c3cc(F)ccc3F)[C@@H](N)C1)C2. The van der Waals surface area contributed by atoms with E-state index in [4.69, 9.17) is 10.5 Å². The number of nitrogens with zero attached hydrogens (tertiary/aromatic N) is 3. The maximum atomic E-state index is 14.1. The molecule has 3 heterocycles. The Kier molecular flexibility index (Phi) is 4.98. The van der Waals surface area contributed by atoms with Crippen molar-refractivity contribution in [2.75, 3.05) is 6.61 Å². The Hall–Kier alpha value is -1.87. The van der Waals surface area contributed by atoms with Crippen molar-refractivity contribution in [3.05, 3.63) is 52.9 Å². The molecule has 1 saturated heterocycles. The third kappa shape index (κ3) is 3.75. The van der Waals surface area contributed by atoms with Gasteiger partial charge in [-0.15, -0.1) is 0 Å². The van der Waals surface area contributed by atoms with Crippen LogP contribution >= 0.6 is 0 Å². The van der Waals surface area contributed by atoms with E-state index in [-0.39, 0.29) is 11.6 Å². The average Bonchev–Trinajstić information content (AvgIpc) is 3.15. The predicted molar refractivity (Wildman–Crippen MR) is 94.6 cm³/mol. The number of ether oxygens (including phenoxy) is 1. The van der Waals surface area contributed by atoms with Crippen molar-refractivity contribution >= 4 is 0 Å². The lowest BCUT2D eigenvalue weighted by Crippen LogP contribution is -2.47. The minimum Gasteiger partial charge on any atom is -0.391 e. The van der Waals surface area contributed by atoms with Crippen LogP contribution in [0.1, 0.15) is 36.3 Å². The van der Waals surface area contributed by atoms with Crippen LogP contribution in [0.25, 0.3) is 0 Å². The molecule has 4 atom stereocenters. The van der Waals surface area contributed by atoms with Crippen LogP contribution in [0.4, 0.5) is 8.78 Å². The molecular weight excluding hydrogens is 354 g/mol. The highest BCUT2D eigenvalue weighted by atomic mass is 19.1. The summed E-state index contributed by atoms with van der Waals surface area (Å²) in [7, 11) is 0. The second-order valence-electron chi connectivity index (χ2n) is 7.55. The van der Waals surface area contributed by atoms with Crippen molar-refractivity contribution in [1.82, 2.24) is 14.7 Å². The van der Waals surface area contributed by atoms with Crippen LogP contribution in [-0.4, -0.2) is 44.6 Å². The number of nitrogens with two attached hydrogens (primary N) is 1. The number of hydrogen-bond acceptors (Lipinski definition) is 5. The molecule has 2 aliphatic rings. The summed E-state index contributed by atoms with van der Waals surface area (Å²) in [6.45, 7) is 4.06. The molecule has 8 heteroatoms. The molecule has 0 aliphatic carbocycles. The van der Waals surface area contributed by atoms with E-state index in [2.05, 4.69) is 10.00 Å². The number of aliphatic hydroxyl groups is 1. The van der Waals surface area contributed by atoms with Gasteiger partial charge in [-0.2, -0.15) is 5.10 Å². The lowest BCUT2D eigenvalue weighted by atomic mass is 9.93. The molecule has 0 saturated carbocycles. The molecule has 1 fully saturated rings. The second-order valence-corrected chi connectivity index (χ2v) is 7.55. The van der Waals surface area contributed by atoms with E-state index in [1.54, 1.807) is 11.6 Å². The molecule has 0 spiro atoms. The molecular formula is C19H24F2N4O2. The van der Waals surface area contributed by atoms with Crippen LogP contribution in [-0.2, 0) is 24.4 Å². The van der Waals surface area contributed by atoms with Crippen molar-refractivity contribution in [3.63, 3.8) is 0 Å². The Bertz CT molecular complexity index is 803. The highest BCUT2D eigenvalue weighted by Crippen LogP contribution is 2.34. The molecule has 1 aromatic carbocycles. The predicted octanol–water partition coefficient (Wildman–Crippen LogP) is 1.72. The van der Waals surface area contributed by atoms with E-state index < -0.39 is 29.9 Å². The van der Waals surface area contributed by atoms with Gasteiger partial charge >= 0.3 is 0 Å². The van der Waals surface area contributed by atoms with Crippen LogP contribution < -0.4 is 5.73 Å². The summed E-state index contributed by atoms with van der Waals surface area (Å²) in [5, 5.41) is 14.0.